The third kappa shape index (κ3) is 4.40. The molecule has 1 N–H and O–H groups in total. The van der Waals surface area contributed by atoms with Crippen molar-refractivity contribution in [2.75, 3.05) is 30.7 Å². The first-order chi connectivity index (χ1) is 12.8. The quantitative estimate of drug-likeness (QED) is 0.494. The number of amides is 1. The van der Waals surface area contributed by atoms with Crippen molar-refractivity contribution in [3.63, 3.8) is 0 Å². The van der Waals surface area contributed by atoms with E-state index in [2.05, 4.69) is 25.4 Å². The van der Waals surface area contributed by atoms with Gasteiger partial charge in [0.15, 0.2) is 9.35 Å². The zero-order valence-corrected chi connectivity index (χ0v) is 16.6. The summed E-state index contributed by atoms with van der Waals surface area (Å²) in [5, 5.41) is 12.0. The van der Waals surface area contributed by atoms with Crippen molar-refractivity contribution >= 4 is 55.7 Å². The van der Waals surface area contributed by atoms with Crippen LogP contribution in [0, 0.1) is 0 Å². The molecule has 6 nitrogen and oxygen atoms in total. The number of carbonyl (C=O) groups excluding carboxylic acids is 1. The molecule has 1 saturated heterocycles. The van der Waals surface area contributed by atoms with Crippen molar-refractivity contribution in [1.29, 1.82) is 0 Å². The first-order valence-corrected chi connectivity index (χ1v) is 11.3. The fourth-order valence-corrected chi connectivity index (χ4v) is 5.56. The number of hydrogen-bond acceptors (Lipinski definition) is 8. The van der Waals surface area contributed by atoms with Crippen LogP contribution in [0.1, 0.15) is 29.1 Å². The Balaban J connectivity index is 1.30. The molecule has 0 bridgehead atoms. The number of thiazole rings is 1. The molecule has 1 amide bonds. The predicted molar refractivity (Wildman–Crippen MR) is 108 cm³/mol. The highest BCUT2D eigenvalue weighted by molar-refractivity contribution is 8.01. The summed E-state index contributed by atoms with van der Waals surface area (Å²) in [4.78, 5) is 19.3. The van der Waals surface area contributed by atoms with E-state index in [-0.39, 0.29) is 5.91 Å². The van der Waals surface area contributed by atoms with Gasteiger partial charge in [-0.3, -0.25) is 10.1 Å². The number of nitrogens with one attached hydrogen (secondary N) is 1. The zero-order chi connectivity index (χ0) is 17.8. The molecule has 1 fully saturated rings. The molecule has 0 radical (unpaired) electrons. The largest absolute Gasteiger partial charge is 0.303 e. The van der Waals surface area contributed by atoms with Crippen LogP contribution in [-0.2, 0) is 0 Å². The molecule has 1 aliphatic rings. The topological polar surface area (TPSA) is 71.0 Å². The normalized spacial score (nSPS) is 15.4. The monoisotopic (exact) mass is 405 g/mol. The van der Waals surface area contributed by atoms with Crippen LogP contribution in [0.25, 0.3) is 10.2 Å². The molecule has 136 valence electrons. The Hall–Kier alpha value is -1.55. The summed E-state index contributed by atoms with van der Waals surface area (Å²) in [6, 6.07) is 7.73. The van der Waals surface area contributed by atoms with Crippen LogP contribution in [-0.4, -0.2) is 51.4 Å². The highest BCUT2D eigenvalue weighted by Gasteiger charge is 2.15. The van der Waals surface area contributed by atoms with Crippen LogP contribution in [0.3, 0.4) is 0 Å². The average molecular weight is 406 g/mol. The maximum absolute atomic E-state index is 12.4. The summed E-state index contributed by atoms with van der Waals surface area (Å²) in [5.74, 6) is 0.771. The summed E-state index contributed by atoms with van der Waals surface area (Å²) in [6.07, 6.45) is 3.98. The number of thioether (sulfide) groups is 1. The average Bonchev–Trinajstić information content (AvgIpc) is 3.29. The molecule has 26 heavy (non-hydrogen) atoms. The Labute approximate surface area is 164 Å². The van der Waals surface area contributed by atoms with Gasteiger partial charge in [-0.25, -0.2) is 4.98 Å². The van der Waals surface area contributed by atoms with E-state index in [0.29, 0.717) is 10.1 Å². The zero-order valence-electron chi connectivity index (χ0n) is 14.2. The Morgan fingerprint density at radius 3 is 2.85 bits per heavy atom. The minimum atomic E-state index is -0.229. The van der Waals surface area contributed by atoms with Crippen molar-refractivity contribution < 1.29 is 4.79 Å². The molecule has 9 heteroatoms. The number of para-hydroxylation sites is 1. The number of nitrogens with zero attached hydrogens (tertiary/aromatic N) is 4. The van der Waals surface area contributed by atoms with Gasteiger partial charge in [0.25, 0.3) is 5.91 Å². The van der Waals surface area contributed by atoms with Gasteiger partial charge in [0.2, 0.25) is 5.13 Å². The fourth-order valence-electron chi connectivity index (χ4n) is 2.88. The van der Waals surface area contributed by atoms with E-state index in [0.717, 1.165) is 26.9 Å². The molecule has 0 aliphatic carbocycles. The van der Waals surface area contributed by atoms with E-state index in [1.807, 2.05) is 24.3 Å². The lowest BCUT2D eigenvalue weighted by molar-refractivity contribution is 0.102. The fraction of sp³-hybridized carbons (Fsp3) is 0.412. The third-order valence-corrected chi connectivity index (χ3v) is 7.18. The summed E-state index contributed by atoms with van der Waals surface area (Å²) < 4.78 is 1.89. The standard InChI is InChI=1S/C17H19N5OS3/c23-14(15-18-12-6-2-3-7-13(12)25-15)19-16-20-21-17(26-16)24-11-10-22-8-4-1-5-9-22/h2-3,6-7H,1,4-5,8-11H2,(H,19,20,23). The molecule has 0 atom stereocenters. The van der Waals surface area contributed by atoms with Gasteiger partial charge >= 0.3 is 0 Å². The van der Waals surface area contributed by atoms with Gasteiger partial charge in [-0.15, -0.1) is 21.5 Å². The van der Waals surface area contributed by atoms with Crippen molar-refractivity contribution in [2.24, 2.45) is 0 Å². The first kappa shape index (κ1) is 17.8. The van der Waals surface area contributed by atoms with Crippen LogP contribution in [0.5, 0.6) is 0 Å². The lowest BCUT2D eigenvalue weighted by Crippen LogP contribution is -2.31. The van der Waals surface area contributed by atoms with E-state index < -0.39 is 0 Å². The van der Waals surface area contributed by atoms with Gasteiger partial charge in [0.1, 0.15) is 0 Å². The Morgan fingerprint density at radius 2 is 2.00 bits per heavy atom. The molecule has 3 heterocycles. The van der Waals surface area contributed by atoms with Gasteiger partial charge in [-0.1, -0.05) is 41.7 Å². The molecule has 0 spiro atoms. The second-order valence-electron chi connectivity index (χ2n) is 6.06. The van der Waals surface area contributed by atoms with Crippen molar-refractivity contribution in [2.45, 2.75) is 23.6 Å². The minimum Gasteiger partial charge on any atom is -0.303 e. The van der Waals surface area contributed by atoms with Crippen molar-refractivity contribution in [1.82, 2.24) is 20.1 Å². The van der Waals surface area contributed by atoms with Crippen molar-refractivity contribution in [3.8, 4) is 0 Å². The van der Waals surface area contributed by atoms with Crippen molar-refractivity contribution in [3.05, 3.63) is 29.3 Å². The number of rotatable bonds is 6. The Morgan fingerprint density at radius 1 is 1.15 bits per heavy atom. The SMILES string of the molecule is O=C(Nc1nnc(SCCN2CCCCC2)s1)c1nc2ccccc2s1. The minimum absolute atomic E-state index is 0.229. The first-order valence-electron chi connectivity index (χ1n) is 8.63. The Bertz CT molecular complexity index is 854. The third-order valence-electron chi connectivity index (χ3n) is 4.20. The molecule has 0 saturated carbocycles. The highest BCUT2D eigenvalue weighted by atomic mass is 32.2. The molecule has 1 aromatic carbocycles. The molecular weight excluding hydrogens is 386 g/mol. The molecule has 3 aromatic rings. The van der Waals surface area contributed by atoms with Gasteiger partial charge in [0, 0.05) is 12.3 Å². The lowest BCUT2D eigenvalue weighted by Gasteiger charge is -2.25. The maximum atomic E-state index is 12.4. The summed E-state index contributed by atoms with van der Waals surface area (Å²) in [5.41, 5.74) is 0.842. The summed E-state index contributed by atoms with van der Waals surface area (Å²) in [6.45, 7) is 3.50. The number of hydrogen-bond donors (Lipinski definition) is 1. The molecule has 4 rings (SSSR count). The number of piperidine rings is 1. The summed E-state index contributed by atoms with van der Waals surface area (Å²) >= 11 is 4.50. The second-order valence-corrected chi connectivity index (χ2v) is 9.41. The van der Waals surface area contributed by atoms with E-state index in [1.54, 1.807) is 11.8 Å². The number of fused-ring (bicyclic) bond motifs is 1. The lowest BCUT2D eigenvalue weighted by atomic mass is 10.1. The van der Waals surface area contributed by atoms with Crippen LogP contribution in [0.15, 0.2) is 28.6 Å². The maximum Gasteiger partial charge on any atom is 0.286 e. The van der Waals surface area contributed by atoms with Crippen LogP contribution >= 0.6 is 34.4 Å². The van der Waals surface area contributed by atoms with E-state index in [4.69, 9.17) is 0 Å². The molecule has 1 aliphatic heterocycles. The van der Waals surface area contributed by atoms with Gasteiger partial charge in [0.05, 0.1) is 10.2 Å². The van der Waals surface area contributed by atoms with E-state index in [9.17, 15) is 4.79 Å². The Kier molecular flexibility index (Phi) is 5.78. The predicted octanol–water partition coefficient (Wildman–Crippen LogP) is 3.98. The number of aromatic nitrogens is 3. The number of anilines is 1. The molecule has 0 unspecified atom stereocenters. The van der Waals surface area contributed by atoms with Crippen LogP contribution in [0.2, 0.25) is 0 Å². The highest BCUT2D eigenvalue weighted by Crippen LogP contribution is 2.27. The smallest absolute Gasteiger partial charge is 0.286 e. The number of carbonyl (C=O) groups is 1. The van der Waals surface area contributed by atoms with Crippen LogP contribution < -0.4 is 5.32 Å². The van der Waals surface area contributed by atoms with Gasteiger partial charge in [-0.2, -0.15) is 0 Å². The van der Waals surface area contributed by atoms with E-state index >= 15 is 0 Å². The number of benzene rings is 1. The van der Waals surface area contributed by atoms with Crippen LogP contribution in [0.4, 0.5) is 5.13 Å². The van der Waals surface area contributed by atoms with E-state index in [1.165, 1.54) is 55.0 Å². The van der Waals surface area contributed by atoms with Gasteiger partial charge in [-0.05, 0) is 38.1 Å². The van der Waals surface area contributed by atoms with Gasteiger partial charge < -0.3 is 4.90 Å². The number of likely N-dealkylation sites (tertiary alicyclic amines) is 1. The second kappa shape index (κ2) is 8.43. The molecule has 2 aromatic heterocycles. The molecular formula is C17H19N5OS3. The summed E-state index contributed by atoms with van der Waals surface area (Å²) in [7, 11) is 0.